The number of sulfonamides is 1. The standard InChI is InChI=1S/C23H27N7O2S/c1-15(2)17-7-23(25-8-17)28-22-5-4-20-21(27-22)6-18(9-24-20)19-10-26-29(14-19)11-16-12-30(13-16)33(3,31)32/h4-10,14-16,25H,11-13H2,1-3H3,(H,27,28). The van der Waals surface area contributed by atoms with Crippen LogP contribution >= 0.6 is 0 Å². The molecule has 172 valence electrons. The first kappa shape index (κ1) is 21.6. The molecular formula is C23H27N7O2S. The van der Waals surface area contributed by atoms with E-state index in [9.17, 15) is 8.42 Å². The van der Waals surface area contributed by atoms with Gasteiger partial charge in [-0.25, -0.2) is 17.7 Å². The second-order valence-corrected chi connectivity index (χ2v) is 11.0. The third-order valence-corrected chi connectivity index (χ3v) is 7.21. The molecule has 2 N–H and O–H groups in total. The molecule has 0 radical (unpaired) electrons. The molecule has 1 fully saturated rings. The third kappa shape index (κ3) is 4.62. The zero-order valence-electron chi connectivity index (χ0n) is 18.9. The summed E-state index contributed by atoms with van der Waals surface area (Å²) in [7, 11) is -3.09. The number of anilines is 2. The number of fused-ring (bicyclic) bond motifs is 1. The molecule has 0 aromatic carbocycles. The molecule has 10 heteroatoms. The second-order valence-electron chi connectivity index (χ2n) is 8.98. The van der Waals surface area contributed by atoms with Gasteiger partial charge in [-0.15, -0.1) is 0 Å². The van der Waals surface area contributed by atoms with Gasteiger partial charge in [0.25, 0.3) is 0 Å². The number of nitrogens with one attached hydrogen (secondary N) is 2. The van der Waals surface area contributed by atoms with Gasteiger partial charge >= 0.3 is 0 Å². The topological polar surface area (TPSA) is 109 Å². The zero-order chi connectivity index (χ0) is 23.2. The van der Waals surface area contributed by atoms with Gasteiger partial charge in [-0.05, 0) is 35.7 Å². The minimum atomic E-state index is -3.09. The highest BCUT2D eigenvalue weighted by Gasteiger charge is 2.33. The van der Waals surface area contributed by atoms with Crippen LogP contribution in [-0.2, 0) is 16.6 Å². The van der Waals surface area contributed by atoms with E-state index in [4.69, 9.17) is 4.98 Å². The molecule has 9 nitrogen and oxygen atoms in total. The number of aromatic nitrogens is 5. The van der Waals surface area contributed by atoms with E-state index in [1.165, 1.54) is 16.1 Å². The van der Waals surface area contributed by atoms with Crippen molar-refractivity contribution in [1.82, 2.24) is 29.0 Å². The Morgan fingerprint density at radius 3 is 2.70 bits per heavy atom. The van der Waals surface area contributed by atoms with Crippen molar-refractivity contribution in [3.8, 4) is 11.1 Å². The summed E-state index contributed by atoms with van der Waals surface area (Å²) in [6, 6.07) is 7.98. The Hall–Kier alpha value is -3.24. The predicted octanol–water partition coefficient (Wildman–Crippen LogP) is 3.58. The number of aromatic amines is 1. The maximum atomic E-state index is 11.5. The van der Waals surface area contributed by atoms with Crippen molar-refractivity contribution in [3.05, 3.63) is 54.6 Å². The molecule has 0 bridgehead atoms. The first-order chi connectivity index (χ1) is 15.7. The first-order valence-corrected chi connectivity index (χ1v) is 12.8. The molecule has 1 saturated heterocycles. The number of nitrogens with zero attached hydrogens (tertiary/aromatic N) is 5. The van der Waals surface area contributed by atoms with E-state index >= 15 is 0 Å². The van der Waals surface area contributed by atoms with Gasteiger partial charge < -0.3 is 10.3 Å². The summed E-state index contributed by atoms with van der Waals surface area (Å²) < 4.78 is 26.5. The number of pyridine rings is 2. The second kappa shape index (κ2) is 8.27. The third-order valence-electron chi connectivity index (χ3n) is 5.98. The van der Waals surface area contributed by atoms with Gasteiger partial charge in [0.15, 0.2) is 0 Å². The van der Waals surface area contributed by atoms with Crippen LogP contribution < -0.4 is 5.32 Å². The fourth-order valence-electron chi connectivity index (χ4n) is 3.97. The Balaban J connectivity index is 1.31. The van der Waals surface area contributed by atoms with Crippen molar-refractivity contribution in [2.75, 3.05) is 24.7 Å². The lowest BCUT2D eigenvalue weighted by Gasteiger charge is -2.36. The summed E-state index contributed by atoms with van der Waals surface area (Å²) in [5.41, 5.74) is 4.75. The molecular weight excluding hydrogens is 438 g/mol. The van der Waals surface area contributed by atoms with Crippen LogP contribution in [-0.4, -0.2) is 56.8 Å². The van der Waals surface area contributed by atoms with E-state index in [1.807, 2.05) is 47.7 Å². The summed E-state index contributed by atoms with van der Waals surface area (Å²) in [6.45, 7) is 6.10. The number of hydrogen-bond donors (Lipinski definition) is 2. The van der Waals surface area contributed by atoms with Crippen LogP contribution in [0.4, 0.5) is 11.6 Å². The molecule has 0 saturated carbocycles. The highest BCUT2D eigenvalue weighted by atomic mass is 32.2. The monoisotopic (exact) mass is 465 g/mol. The van der Waals surface area contributed by atoms with Crippen LogP contribution in [0.1, 0.15) is 25.3 Å². The van der Waals surface area contributed by atoms with Gasteiger partial charge in [0.05, 0.1) is 23.5 Å². The van der Waals surface area contributed by atoms with Crippen LogP contribution in [0.15, 0.2) is 49.1 Å². The molecule has 5 rings (SSSR count). The SMILES string of the molecule is CC(C)c1c[nH]c(Nc2ccc3ncc(-c4cnn(CC5CN(S(C)(=O)=O)C5)c4)cc3n2)c1. The minimum absolute atomic E-state index is 0.279. The van der Waals surface area contributed by atoms with Crippen LogP contribution in [0.25, 0.3) is 22.2 Å². The Bertz CT molecular complexity index is 1400. The molecule has 0 amide bonds. The maximum Gasteiger partial charge on any atom is 0.211 e. The highest BCUT2D eigenvalue weighted by Crippen LogP contribution is 2.26. The lowest BCUT2D eigenvalue weighted by Crippen LogP contribution is -2.50. The summed E-state index contributed by atoms with van der Waals surface area (Å²) in [4.78, 5) is 12.5. The zero-order valence-corrected chi connectivity index (χ0v) is 19.7. The smallest absolute Gasteiger partial charge is 0.211 e. The Kier molecular flexibility index (Phi) is 5.41. The van der Waals surface area contributed by atoms with Crippen molar-refractivity contribution in [2.45, 2.75) is 26.3 Å². The van der Waals surface area contributed by atoms with Crippen molar-refractivity contribution < 1.29 is 8.42 Å². The Morgan fingerprint density at radius 2 is 1.97 bits per heavy atom. The van der Waals surface area contributed by atoms with Gasteiger partial charge in [-0.2, -0.15) is 5.10 Å². The van der Waals surface area contributed by atoms with Crippen LogP contribution in [0.2, 0.25) is 0 Å². The van der Waals surface area contributed by atoms with Crippen LogP contribution in [0.5, 0.6) is 0 Å². The van der Waals surface area contributed by atoms with E-state index in [2.05, 4.69) is 40.3 Å². The average molecular weight is 466 g/mol. The van der Waals surface area contributed by atoms with Gasteiger partial charge in [-0.1, -0.05) is 13.8 Å². The van der Waals surface area contributed by atoms with E-state index in [-0.39, 0.29) is 5.92 Å². The van der Waals surface area contributed by atoms with Crippen LogP contribution in [0, 0.1) is 5.92 Å². The van der Waals surface area contributed by atoms with E-state index in [0.717, 1.165) is 33.8 Å². The normalized spacial score (nSPS) is 15.3. The van der Waals surface area contributed by atoms with Gasteiger partial charge in [0.1, 0.15) is 11.6 Å². The lowest BCUT2D eigenvalue weighted by atomic mass is 10.0. The molecule has 1 aliphatic rings. The molecule has 0 spiro atoms. The van der Waals surface area contributed by atoms with Crippen molar-refractivity contribution in [1.29, 1.82) is 0 Å². The van der Waals surface area contributed by atoms with Gasteiger partial charge in [0, 0.05) is 55.3 Å². The minimum Gasteiger partial charge on any atom is -0.348 e. The summed E-state index contributed by atoms with van der Waals surface area (Å²) in [5, 5.41) is 7.78. The number of H-pyrrole nitrogens is 1. The predicted molar refractivity (Wildman–Crippen MR) is 129 cm³/mol. The molecule has 5 heterocycles. The molecule has 1 aliphatic heterocycles. The summed E-state index contributed by atoms with van der Waals surface area (Å²) >= 11 is 0. The average Bonchev–Trinajstić information content (AvgIpc) is 3.39. The lowest BCUT2D eigenvalue weighted by molar-refractivity contribution is 0.176. The van der Waals surface area contributed by atoms with Gasteiger partial charge in [-0.3, -0.25) is 9.67 Å². The quantitative estimate of drug-likeness (QED) is 0.432. The summed E-state index contributed by atoms with van der Waals surface area (Å²) in [6.07, 6.45) is 8.86. The molecule has 33 heavy (non-hydrogen) atoms. The van der Waals surface area contributed by atoms with E-state index in [0.29, 0.717) is 25.6 Å². The fourth-order valence-corrected chi connectivity index (χ4v) is 4.94. The van der Waals surface area contributed by atoms with E-state index in [1.54, 1.807) is 0 Å². The summed E-state index contributed by atoms with van der Waals surface area (Å²) in [5.74, 6) is 2.38. The Morgan fingerprint density at radius 1 is 1.15 bits per heavy atom. The fraction of sp³-hybridized carbons (Fsp3) is 0.348. The maximum absolute atomic E-state index is 11.5. The number of hydrogen-bond acceptors (Lipinski definition) is 6. The molecule has 4 aromatic rings. The molecule has 0 unspecified atom stereocenters. The Labute approximate surface area is 192 Å². The molecule has 0 atom stereocenters. The van der Waals surface area contributed by atoms with Crippen LogP contribution in [0.3, 0.4) is 0 Å². The van der Waals surface area contributed by atoms with Crippen molar-refractivity contribution in [2.24, 2.45) is 5.92 Å². The largest absolute Gasteiger partial charge is 0.348 e. The van der Waals surface area contributed by atoms with Crippen molar-refractivity contribution in [3.63, 3.8) is 0 Å². The van der Waals surface area contributed by atoms with Gasteiger partial charge in [0.2, 0.25) is 10.0 Å². The molecule has 4 aromatic heterocycles. The number of rotatable bonds is 7. The first-order valence-electron chi connectivity index (χ1n) is 10.9. The van der Waals surface area contributed by atoms with E-state index < -0.39 is 10.0 Å². The van der Waals surface area contributed by atoms with Crippen molar-refractivity contribution >= 4 is 32.7 Å². The molecule has 0 aliphatic carbocycles. The highest BCUT2D eigenvalue weighted by molar-refractivity contribution is 7.88.